The standard InChI is InChI=1S/C13H26N2O8/c1-4-8(16)7(15)9(17)6(22-4)3-21-13-12(20)11(19)10(18)5(2-14)23-13/h4-13,16-20H,2-3,14-15H2,1H3/t4-,5-,6-,7-,8+,9-,10-,11+,12-,13?/m1/s1. The van der Waals surface area contributed by atoms with Crippen LogP contribution in [0.15, 0.2) is 0 Å². The van der Waals surface area contributed by atoms with E-state index >= 15 is 0 Å². The molecule has 0 aromatic heterocycles. The van der Waals surface area contributed by atoms with Crippen molar-refractivity contribution >= 4 is 0 Å². The molecule has 2 aliphatic heterocycles. The topological polar surface area (TPSA) is 181 Å². The fraction of sp³-hybridized carbons (Fsp3) is 1.00. The molecule has 1 unspecified atom stereocenters. The van der Waals surface area contributed by atoms with Crippen LogP contribution in [0.3, 0.4) is 0 Å². The minimum atomic E-state index is -1.48. The highest BCUT2D eigenvalue weighted by atomic mass is 16.7. The Morgan fingerprint density at radius 1 is 0.870 bits per heavy atom. The Balaban J connectivity index is 1.94. The lowest BCUT2D eigenvalue weighted by atomic mass is 9.94. The van der Waals surface area contributed by atoms with Crippen molar-refractivity contribution in [1.82, 2.24) is 0 Å². The fourth-order valence-corrected chi connectivity index (χ4v) is 2.78. The Labute approximate surface area is 133 Å². The first-order valence-electron chi connectivity index (χ1n) is 7.56. The van der Waals surface area contributed by atoms with Crippen LogP contribution >= 0.6 is 0 Å². The van der Waals surface area contributed by atoms with Crippen molar-refractivity contribution in [2.24, 2.45) is 11.5 Å². The number of aliphatic hydroxyl groups is 5. The summed E-state index contributed by atoms with van der Waals surface area (Å²) in [7, 11) is 0. The molecule has 0 aromatic rings. The molecule has 2 heterocycles. The van der Waals surface area contributed by atoms with E-state index in [4.69, 9.17) is 25.7 Å². The van der Waals surface area contributed by atoms with Gasteiger partial charge in [0.15, 0.2) is 6.29 Å². The van der Waals surface area contributed by atoms with Crippen LogP contribution in [-0.2, 0) is 14.2 Å². The van der Waals surface area contributed by atoms with Gasteiger partial charge >= 0.3 is 0 Å². The van der Waals surface area contributed by atoms with Crippen molar-refractivity contribution in [1.29, 1.82) is 0 Å². The predicted molar refractivity (Wildman–Crippen MR) is 76.0 cm³/mol. The van der Waals surface area contributed by atoms with Crippen LogP contribution in [0.25, 0.3) is 0 Å². The Hall–Kier alpha value is -0.400. The minimum Gasteiger partial charge on any atom is -0.389 e. The van der Waals surface area contributed by atoms with Crippen LogP contribution in [0.5, 0.6) is 0 Å². The van der Waals surface area contributed by atoms with Crippen LogP contribution in [-0.4, -0.2) is 99.8 Å². The molecule has 0 spiro atoms. The van der Waals surface area contributed by atoms with Gasteiger partial charge in [0.2, 0.25) is 0 Å². The summed E-state index contributed by atoms with van der Waals surface area (Å²) < 4.78 is 16.1. The molecule has 136 valence electrons. The number of hydrogen-bond acceptors (Lipinski definition) is 10. The molecular weight excluding hydrogens is 312 g/mol. The van der Waals surface area contributed by atoms with E-state index in [9.17, 15) is 25.5 Å². The van der Waals surface area contributed by atoms with Gasteiger partial charge in [0, 0.05) is 6.54 Å². The summed E-state index contributed by atoms with van der Waals surface area (Å²) >= 11 is 0. The summed E-state index contributed by atoms with van der Waals surface area (Å²) in [6.07, 6.45) is -10.0. The lowest BCUT2D eigenvalue weighted by Crippen LogP contribution is -2.63. The third-order valence-corrected chi connectivity index (χ3v) is 4.37. The second-order valence-corrected chi connectivity index (χ2v) is 6.02. The van der Waals surface area contributed by atoms with Gasteiger partial charge in [-0.05, 0) is 6.92 Å². The third kappa shape index (κ3) is 3.82. The average molecular weight is 338 g/mol. The monoisotopic (exact) mass is 338 g/mol. The predicted octanol–water partition coefficient (Wildman–Crippen LogP) is -4.39. The molecular formula is C13H26N2O8. The van der Waals surface area contributed by atoms with E-state index in [1.807, 2.05) is 0 Å². The van der Waals surface area contributed by atoms with Crippen LogP contribution < -0.4 is 11.5 Å². The van der Waals surface area contributed by atoms with Crippen molar-refractivity contribution in [2.45, 2.75) is 68.1 Å². The molecule has 0 radical (unpaired) electrons. The molecule has 0 amide bonds. The van der Waals surface area contributed by atoms with Crippen LogP contribution in [0.4, 0.5) is 0 Å². The zero-order valence-electron chi connectivity index (χ0n) is 12.8. The molecule has 0 aromatic carbocycles. The number of rotatable bonds is 4. The van der Waals surface area contributed by atoms with Gasteiger partial charge in [-0.1, -0.05) is 0 Å². The highest BCUT2D eigenvalue weighted by molar-refractivity contribution is 4.94. The van der Waals surface area contributed by atoms with Gasteiger partial charge in [0.1, 0.15) is 36.6 Å². The summed E-state index contributed by atoms with van der Waals surface area (Å²) in [6.45, 7) is 1.36. The maximum atomic E-state index is 10.0. The molecule has 2 rings (SSSR count). The van der Waals surface area contributed by atoms with Gasteiger partial charge in [0.05, 0.1) is 24.9 Å². The van der Waals surface area contributed by atoms with E-state index < -0.39 is 61.2 Å². The van der Waals surface area contributed by atoms with Gasteiger partial charge in [-0.25, -0.2) is 0 Å². The molecule has 2 fully saturated rings. The Morgan fingerprint density at radius 3 is 2.13 bits per heavy atom. The SMILES string of the molecule is C[C@H]1O[C@H](COC2O[C@H](CN)[C@@H](O)[C@H](O)[C@H]2O)[C@@H](O)[C@H](N)[C@H]1O. The van der Waals surface area contributed by atoms with E-state index in [1.54, 1.807) is 6.92 Å². The molecule has 9 N–H and O–H groups in total. The average Bonchev–Trinajstić information content (AvgIpc) is 2.54. The second kappa shape index (κ2) is 7.66. The third-order valence-electron chi connectivity index (χ3n) is 4.37. The van der Waals surface area contributed by atoms with Crippen molar-refractivity contribution in [3.05, 3.63) is 0 Å². The smallest absolute Gasteiger partial charge is 0.186 e. The number of aliphatic hydroxyl groups excluding tert-OH is 5. The summed E-state index contributed by atoms with van der Waals surface area (Å²) in [5.41, 5.74) is 11.2. The van der Waals surface area contributed by atoms with E-state index in [0.717, 1.165) is 0 Å². The van der Waals surface area contributed by atoms with Crippen molar-refractivity contribution in [3.63, 3.8) is 0 Å². The molecule has 0 saturated carbocycles. The van der Waals surface area contributed by atoms with Gasteiger partial charge in [-0.15, -0.1) is 0 Å². The van der Waals surface area contributed by atoms with Crippen LogP contribution in [0, 0.1) is 0 Å². The van der Waals surface area contributed by atoms with E-state index in [0.29, 0.717) is 0 Å². The normalized spacial score (nSPS) is 51.7. The van der Waals surface area contributed by atoms with Crippen molar-refractivity contribution in [2.75, 3.05) is 13.2 Å². The van der Waals surface area contributed by atoms with E-state index in [1.165, 1.54) is 0 Å². The number of ether oxygens (including phenoxy) is 3. The molecule has 10 nitrogen and oxygen atoms in total. The van der Waals surface area contributed by atoms with Crippen LogP contribution in [0.2, 0.25) is 0 Å². The Bertz CT molecular complexity index is 387. The molecule has 23 heavy (non-hydrogen) atoms. The van der Waals surface area contributed by atoms with Gasteiger partial charge in [-0.2, -0.15) is 0 Å². The van der Waals surface area contributed by atoms with Crippen molar-refractivity contribution in [3.8, 4) is 0 Å². The second-order valence-electron chi connectivity index (χ2n) is 6.02. The lowest BCUT2D eigenvalue weighted by Gasteiger charge is -2.42. The van der Waals surface area contributed by atoms with Crippen LogP contribution in [0.1, 0.15) is 6.92 Å². The summed E-state index contributed by atoms with van der Waals surface area (Å²) in [5.74, 6) is 0. The maximum Gasteiger partial charge on any atom is 0.186 e. The van der Waals surface area contributed by atoms with E-state index in [2.05, 4.69) is 0 Å². The quantitative estimate of drug-likeness (QED) is 0.264. The molecule has 0 aliphatic carbocycles. The number of hydrogen-bond donors (Lipinski definition) is 7. The first-order valence-corrected chi connectivity index (χ1v) is 7.56. The van der Waals surface area contributed by atoms with Gasteiger partial charge in [0.25, 0.3) is 0 Å². The molecule has 10 heteroatoms. The summed E-state index contributed by atoms with van der Waals surface area (Å²) in [6, 6.07) is -0.895. The maximum absolute atomic E-state index is 10.0. The number of nitrogens with two attached hydrogens (primary N) is 2. The fourth-order valence-electron chi connectivity index (χ4n) is 2.78. The molecule has 2 saturated heterocycles. The largest absolute Gasteiger partial charge is 0.389 e. The van der Waals surface area contributed by atoms with Crippen molar-refractivity contribution < 1.29 is 39.7 Å². The molecule has 2 aliphatic rings. The first-order chi connectivity index (χ1) is 10.8. The minimum absolute atomic E-state index is 0.0680. The van der Waals surface area contributed by atoms with E-state index in [-0.39, 0.29) is 13.2 Å². The summed E-state index contributed by atoms with van der Waals surface area (Å²) in [5, 5.41) is 49.1. The van der Waals surface area contributed by atoms with Gasteiger partial charge < -0.3 is 51.2 Å². The Morgan fingerprint density at radius 2 is 1.52 bits per heavy atom. The molecule has 10 atom stereocenters. The summed E-state index contributed by atoms with van der Waals surface area (Å²) in [4.78, 5) is 0. The zero-order valence-corrected chi connectivity index (χ0v) is 12.8. The molecule has 0 bridgehead atoms. The lowest BCUT2D eigenvalue weighted by molar-refractivity contribution is -0.305. The Kier molecular flexibility index (Phi) is 6.30. The zero-order chi connectivity index (χ0) is 17.3. The first kappa shape index (κ1) is 18.9. The highest BCUT2D eigenvalue weighted by Crippen LogP contribution is 2.24. The highest BCUT2D eigenvalue weighted by Gasteiger charge is 2.45. The van der Waals surface area contributed by atoms with Gasteiger partial charge in [-0.3, -0.25) is 0 Å².